The van der Waals surface area contributed by atoms with Crippen LogP contribution in [0.25, 0.3) is 0 Å². The Morgan fingerprint density at radius 3 is 2.13 bits per heavy atom. The molecule has 1 fully saturated rings. The summed E-state index contributed by atoms with van der Waals surface area (Å²) in [7, 11) is 0. The fourth-order valence-corrected chi connectivity index (χ4v) is 2.33. The lowest BCUT2D eigenvalue weighted by Crippen LogP contribution is -2.73. The molecule has 1 heterocycles. The van der Waals surface area contributed by atoms with Gasteiger partial charge in [0.1, 0.15) is 5.41 Å². The first-order valence-electron chi connectivity index (χ1n) is 5.06. The first kappa shape index (κ1) is 12.4. The van der Waals surface area contributed by atoms with E-state index in [1.165, 1.54) is 0 Å². The molecule has 88 valence electrons. The molecule has 1 aliphatic rings. The molecular weight excluding hydrogens is 196 g/mol. The van der Waals surface area contributed by atoms with Crippen molar-refractivity contribution in [2.75, 3.05) is 6.54 Å². The zero-order valence-corrected chi connectivity index (χ0v) is 9.74. The third-order valence-electron chi connectivity index (χ3n) is 4.28. The van der Waals surface area contributed by atoms with Gasteiger partial charge >= 0.3 is 5.97 Å². The van der Waals surface area contributed by atoms with E-state index in [1.807, 2.05) is 0 Å². The molecule has 0 spiro atoms. The van der Waals surface area contributed by atoms with Gasteiger partial charge in [0.15, 0.2) is 0 Å². The quantitative estimate of drug-likeness (QED) is 0.599. The first-order valence-corrected chi connectivity index (χ1v) is 5.06. The molecule has 2 atom stereocenters. The molecule has 0 aromatic carbocycles. The summed E-state index contributed by atoms with van der Waals surface area (Å²) in [5.74, 6) is -0.976. The Morgan fingerprint density at radius 2 is 1.80 bits per heavy atom. The predicted octanol–water partition coefficient (Wildman–Crippen LogP) is 0.668. The predicted molar refractivity (Wildman–Crippen MR) is 55.5 cm³/mol. The number of hydrogen-bond acceptors (Lipinski definition) is 4. The number of carboxylic acids is 1. The highest BCUT2D eigenvalue weighted by molar-refractivity contribution is 5.78. The van der Waals surface area contributed by atoms with Crippen LogP contribution >= 0.6 is 0 Å². The Hall–Kier alpha value is -0.650. The van der Waals surface area contributed by atoms with Crippen molar-refractivity contribution in [3.05, 3.63) is 0 Å². The minimum absolute atomic E-state index is 0.392. The fourth-order valence-electron chi connectivity index (χ4n) is 2.33. The van der Waals surface area contributed by atoms with E-state index < -0.39 is 22.5 Å². The lowest BCUT2D eigenvalue weighted by atomic mass is 9.58. The van der Waals surface area contributed by atoms with Crippen LogP contribution in [0.4, 0.5) is 0 Å². The van der Waals surface area contributed by atoms with E-state index >= 15 is 0 Å². The Kier molecular flexibility index (Phi) is 2.62. The van der Waals surface area contributed by atoms with Crippen LogP contribution < -0.4 is 5.73 Å². The summed E-state index contributed by atoms with van der Waals surface area (Å²) in [6.07, 6.45) is 0.454. The largest absolute Gasteiger partial charge is 0.481 e. The number of nitrogens with two attached hydrogens (primary N) is 1. The molecule has 4 N–H and O–H groups in total. The number of hydroxylamine groups is 2. The molecule has 0 bridgehead atoms. The highest BCUT2D eigenvalue weighted by Gasteiger charge is 2.62. The molecule has 0 saturated carbocycles. The van der Waals surface area contributed by atoms with Gasteiger partial charge in [-0.25, -0.2) is 0 Å². The molecule has 0 unspecified atom stereocenters. The minimum atomic E-state index is -1.19. The molecular formula is C10H20N2O3. The number of carbonyl (C=O) groups is 1. The van der Waals surface area contributed by atoms with Crippen molar-refractivity contribution in [1.82, 2.24) is 5.06 Å². The monoisotopic (exact) mass is 216 g/mol. The van der Waals surface area contributed by atoms with Crippen LogP contribution in [0, 0.1) is 5.41 Å². The van der Waals surface area contributed by atoms with Crippen molar-refractivity contribution in [2.45, 2.75) is 45.2 Å². The van der Waals surface area contributed by atoms with E-state index in [9.17, 15) is 15.1 Å². The SMILES string of the molecule is CC1(C)N(O)CC[C@](C)(N)[C@]1(C)C(=O)O. The van der Waals surface area contributed by atoms with E-state index in [0.717, 1.165) is 5.06 Å². The van der Waals surface area contributed by atoms with Crippen LogP contribution in [0.15, 0.2) is 0 Å². The average molecular weight is 216 g/mol. The average Bonchev–Trinajstić information content (AvgIpc) is 2.09. The highest BCUT2D eigenvalue weighted by atomic mass is 16.5. The van der Waals surface area contributed by atoms with Gasteiger partial charge in [-0.3, -0.25) is 4.79 Å². The second-order valence-electron chi connectivity index (χ2n) is 5.28. The summed E-state index contributed by atoms with van der Waals surface area (Å²) in [6, 6.07) is 0. The van der Waals surface area contributed by atoms with Crippen LogP contribution in [0.1, 0.15) is 34.1 Å². The molecule has 0 amide bonds. The number of piperidine rings is 1. The number of rotatable bonds is 1. The maximum atomic E-state index is 11.4. The minimum Gasteiger partial charge on any atom is -0.481 e. The molecule has 15 heavy (non-hydrogen) atoms. The summed E-state index contributed by atoms with van der Waals surface area (Å²) < 4.78 is 0. The maximum absolute atomic E-state index is 11.4. The summed E-state index contributed by atoms with van der Waals surface area (Å²) in [6.45, 7) is 7.12. The highest BCUT2D eigenvalue weighted by Crippen LogP contribution is 2.48. The van der Waals surface area contributed by atoms with Crippen molar-refractivity contribution >= 4 is 5.97 Å². The molecule has 0 aromatic rings. The van der Waals surface area contributed by atoms with E-state index in [2.05, 4.69) is 0 Å². The number of aliphatic carboxylic acids is 1. The normalized spacial score (nSPS) is 41.5. The summed E-state index contributed by atoms with van der Waals surface area (Å²) in [4.78, 5) is 11.4. The molecule has 0 aromatic heterocycles. The maximum Gasteiger partial charge on any atom is 0.313 e. The van der Waals surface area contributed by atoms with Gasteiger partial charge < -0.3 is 16.0 Å². The topological polar surface area (TPSA) is 86.8 Å². The van der Waals surface area contributed by atoms with Crippen molar-refractivity contribution in [1.29, 1.82) is 0 Å². The zero-order valence-electron chi connectivity index (χ0n) is 9.74. The lowest BCUT2D eigenvalue weighted by Gasteiger charge is -2.57. The van der Waals surface area contributed by atoms with E-state index in [1.54, 1.807) is 27.7 Å². The number of carboxylic acid groups (broad SMARTS) is 1. The Morgan fingerprint density at radius 1 is 1.33 bits per heavy atom. The summed E-state index contributed by atoms with van der Waals surface area (Å²) >= 11 is 0. The van der Waals surface area contributed by atoms with Crippen LogP contribution in [-0.4, -0.2) is 39.0 Å². The van der Waals surface area contributed by atoms with Gasteiger partial charge in [-0.1, -0.05) is 0 Å². The van der Waals surface area contributed by atoms with Crippen molar-refractivity contribution in [2.24, 2.45) is 11.1 Å². The number of hydrogen-bond donors (Lipinski definition) is 3. The molecule has 0 radical (unpaired) electrons. The van der Waals surface area contributed by atoms with Gasteiger partial charge in [-0.2, -0.15) is 5.06 Å². The van der Waals surface area contributed by atoms with E-state index in [4.69, 9.17) is 5.73 Å². The van der Waals surface area contributed by atoms with Crippen molar-refractivity contribution < 1.29 is 15.1 Å². The Bertz CT molecular complexity index is 288. The molecule has 0 aliphatic carbocycles. The molecule has 1 saturated heterocycles. The zero-order chi connectivity index (χ0) is 12.1. The van der Waals surface area contributed by atoms with Crippen LogP contribution in [0.2, 0.25) is 0 Å². The molecule has 1 aliphatic heterocycles. The van der Waals surface area contributed by atoms with Crippen LogP contribution in [-0.2, 0) is 4.79 Å². The van der Waals surface area contributed by atoms with E-state index in [0.29, 0.717) is 13.0 Å². The van der Waals surface area contributed by atoms with Crippen molar-refractivity contribution in [3.8, 4) is 0 Å². The fraction of sp³-hybridized carbons (Fsp3) is 0.900. The van der Waals surface area contributed by atoms with Crippen molar-refractivity contribution in [3.63, 3.8) is 0 Å². The molecule has 1 rings (SSSR count). The Balaban J connectivity index is 3.30. The van der Waals surface area contributed by atoms with Gasteiger partial charge in [0, 0.05) is 12.1 Å². The van der Waals surface area contributed by atoms with Crippen LogP contribution in [0.3, 0.4) is 0 Å². The third kappa shape index (κ3) is 1.38. The Labute approximate surface area is 89.8 Å². The number of nitrogens with zero attached hydrogens (tertiary/aromatic N) is 1. The van der Waals surface area contributed by atoms with E-state index in [-0.39, 0.29) is 0 Å². The molecule has 5 heteroatoms. The summed E-state index contributed by atoms with van der Waals surface area (Å²) in [5.41, 5.74) is 3.17. The first-order chi connectivity index (χ1) is 6.57. The van der Waals surface area contributed by atoms with Gasteiger partial charge in [0.25, 0.3) is 0 Å². The second-order valence-corrected chi connectivity index (χ2v) is 5.28. The van der Waals surface area contributed by atoms with Gasteiger partial charge in [0.2, 0.25) is 0 Å². The van der Waals surface area contributed by atoms with Gasteiger partial charge in [0.05, 0.1) is 5.54 Å². The standard InChI is InChI=1S/C10H20N2O3/c1-8(2)10(4,7(13)14)9(3,11)5-6-12(8)15/h15H,5-6,11H2,1-4H3,(H,13,14)/t9-,10+/m0/s1. The lowest BCUT2D eigenvalue weighted by molar-refractivity contribution is -0.243. The van der Waals surface area contributed by atoms with Gasteiger partial charge in [-0.05, 0) is 34.1 Å². The van der Waals surface area contributed by atoms with Crippen LogP contribution in [0.5, 0.6) is 0 Å². The smallest absolute Gasteiger partial charge is 0.313 e. The summed E-state index contributed by atoms with van der Waals surface area (Å²) in [5, 5.41) is 20.2. The van der Waals surface area contributed by atoms with Gasteiger partial charge in [-0.15, -0.1) is 0 Å². The third-order valence-corrected chi connectivity index (χ3v) is 4.28. The molecule has 5 nitrogen and oxygen atoms in total. The second kappa shape index (κ2) is 3.17.